The first-order valence-corrected chi connectivity index (χ1v) is 6.29. The minimum Gasteiger partial charge on any atom is -0.392 e. The van der Waals surface area contributed by atoms with E-state index in [0.717, 1.165) is 32.4 Å². The van der Waals surface area contributed by atoms with Crippen LogP contribution in [-0.2, 0) is 6.42 Å². The number of nitrogens with one attached hydrogen (secondary N) is 1. The smallest absolute Gasteiger partial charge is 0.0693 e. The lowest BCUT2D eigenvalue weighted by Gasteiger charge is -2.28. The quantitative estimate of drug-likeness (QED) is 0.811. The molecular formula is C14H21NO. The number of piperidine rings is 1. The van der Waals surface area contributed by atoms with Crippen molar-refractivity contribution in [1.82, 2.24) is 5.32 Å². The Kier molecular flexibility index (Phi) is 4.37. The van der Waals surface area contributed by atoms with Crippen LogP contribution in [0.15, 0.2) is 30.3 Å². The molecule has 16 heavy (non-hydrogen) atoms. The van der Waals surface area contributed by atoms with Gasteiger partial charge < -0.3 is 10.4 Å². The van der Waals surface area contributed by atoms with E-state index in [1.165, 1.54) is 12.0 Å². The van der Waals surface area contributed by atoms with Crippen LogP contribution >= 0.6 is 0 Å². The van der Waals surface area contributed by atoms with Crippen LogP contribution in [-0.4, -0.2) is 24.3 Å². The van der Waals surface area contributed by atoms with E-state index in [0.29, 0.717) is 5.92 Å². The maximum Gasteiger partial charge on any atom is 0.0693 e. The second-order valence-electron chi connectivity index (χ2n) is 4.70. The lowest BCUT2D eigenvalue weighted by Crippen LogP contribution is -2.40. The van der Waals surface area contributed by atoms with Crippen LogP contribution in [0.4, 0.5) is 0 Å². The molecule has 88 valence electrons. The Balaban J connectivity index is 1.71. The molecule has 1 heterocycles. The zero-order valence-electron chi connectivity index (χ0n) is 9.73. The zero-order chi connectivity index (χ0) is 11.2. The largest absolute Gasteiger partial charge is 0.392 e. The van der Waals surface area contributed by atoms with E-state index in [1.54, 1.807) is 0 Å². The first-order valence-electron chi connectivity index (χ1n) is 6.29. The lowest BCUT2D eigenvalue weighted by molar-refractivity contribution is 0.0761. The third kappa shape index (κ3) is 3.32. The third-order valence-corrected chi connectivity index (χ3v) is 3.47. The molecular weight excluding hydrogens is 198 g/mol. The van der Waals surface area contributed by atoms with Crippen LogP contribution in [0, 0.1) is 5.92 Å². The van der Waals surface area contributed by atoms with Crippen molar-refractivity contribution >= 4 is 0 Å². The van der Waals surface area contributed by atoms with Gasteiger partial charge >= 0.3 is 0 Å². The summed E-state index contributed by atoms with van der Waals surface area (Å²) in [6.07, 6.45) is 4.46. The Labute approximate surface area is 97.7 Å². The van der Waals surface area contributed by atoms with Crippen LogP contribution in [0.3, 0.4) is 0 Å². The van der Waals surface area contributed by atoms with Crippen LogP contribution in [0.25, 0.3) is 0 Å². The molecule has 1 saturated heterocycles. The van der Waals surface area contributed by atoms with Gasteiger partial charge in [-0.25, -0.2) is 0 Å². The summed E-state index contributed by atoms with van der Waals surface area (Å²) in [5.74, 6) is 0.505. The summed E-state index contributed by atoms with van der Waals surface area (Å²) in [7, 11) is 0. The van der Waals surface area contributed by atoms with Gasteiger partial charge in [-0.2, -0.15) is 0 Å². The van der Waals surface area contributed by atoms with Gasteiger partial charge in [-0.1, -0.05) is 30.3 Å². The number of rotatable bonds is 4. The molecule has 1 aromatic rings. The summed E-state index contributed by atoms with van der Waals surface area (Å²) in [6, 6.07) is 10.6. The summed E-state index contributed by atoms with van der Waals surface area (Å²) in [5, 5.41) is 13.0. The SMILES string of the molecule is O[C@H]1CNCC[C@@H]1CCCc1ccccc1. The standard InChI is InChI=1S/C14H21NO/c16-14-11-15-10-9-13(14)8-4-7-12-5-2-1-3-6-12/h1-3,5-6,13-16H,4,7-11H2/t13-,14-/m0/s1. The molecule has 1 fully saturated rings. The highest BCUT2D eigenvalue weighted by Gasteiger charge is 2.21. The summed E-state index contributed by atoms with van der Waals surface area (Å²) in [4.78, 5) is 0. The molecule has 2 heteroatoms. The molecule has 0 spiro atoms. The zero-order valence-corrected chi connectivity index (χ0v) is 9.73. The minimum atomic E-state index is -0.135. The second-order valence-corrected chi connectivity index (χ2v) is 4.70. The van der Waals surface area contributed by atoms with Gasteiger partial charge in [-0.3, -0.25) is 0 Å². The molecule has 1 aliphatic heterocycles. The minimum absolute atomic E-state index is 0.135. The monoisotopic (exact) mass is 219 g/mol. The number of β-amino-alcohol motifs (C(OH)–C–C–N with tert-alkyl or cyclic N) is 1. The molecule has 2 nitrogen and oxygen atoms in total. The number of hydrogen-bond donors (Lipinski definition) is 2. The Hall–Kier alpha value is -0.860. The molecule has 2 N–H and O–H groups in total. The van der Waals surface area contributed by atoms with Crippen molar-refractivity contribution in [2.24, 2.45) is 5.92 Å². The molecule has 0 aromatic heterocycles. The highest BCUT2D eigenvalue weighted by atomic mass is 16.3. The fourth-order valence-corrected chi connectivity index (χ4v) is 2.45. The molecule has 0 unspecified atom stereocenters. The van der Waals surface area contributed by atoms with Crippen LogP contribution in [0.2, 0.25) is 0 Å². The second kappa shape index (κ2) is 6.02. The molecule has 0 radical (unpaired) electrons. The summed E-state index contributed by atoms with van der Waals surface area (Å²) >= 11 is 0. The maximum atomic E-state index is 9.80. The number of aryl methyl sites for hydroxylation is 1. The van der Waals surface area contributed by atoms with Gasteiger partial charge in [0.15, 0.2) is 0 Å². The van der Waals surface area contributed by atoms with E-state index in [1.807, 2.05) is 0 Å². The Bertz CT molecular complexity index is 299. The van der Waals surface area contributed by atoms with Gasteiger partial charge in [0.1, 0.15) is 0 Å². The van der Waals surface area contributed by atoms with Gasteiger partial charge in [0.25, 0.3) is 0 Å². The Morgan fingerprint density at radius 3 is 2.81 bits per heavy atom. The van der Waals surface area contributed by atoms with E-state index in [-0.39, 0.29) is 6.10 Å². The van der Waals surface area contributed by atoms with Crippen LogP contribution in [0.1, 0.15) is 24.8 Å². The molecule has 1 aromatic carbocycles. The molecule has 2 rings (SSSR count). The molecule has 0 saturated carbocycles. The fourth-order valence-electron chi connectivity index (χ4n) is 2.45. The van der Waals surface area contributed by atoms with Crippen molar-refractivity contribution in [2.45, 2.75) is 31.8 Å². The first kappa shape index (κ1) is 11.6. The molecule has 0 amide bonds. The topological polar surface area (TPSA) is 32.3 Å². The van der Waals surface area contributed by atoms with E-state index in [4.69, 9.17) is 0 Å². The van der Waals surface area contributed by atoms with Gasteiger partial charge in [-0.05, 0) is 43.7 Å². The average Bonchev–Trinajstić information content (AvgIpc) is 2.33. The van der Waals surface area contributed by atoms with Crippen LogP contribution in [0.5, 0.6) is 0 Å². The van der Waals surface area contributed by atoms with Crippen molar-refractivity contribution in [1.29, 1.82) is 0 Å². The van der Waals surface area contributed by atoms with Gasteiger partial charge in [-0.15, -0.1) is 0 Å². The summed E-state index contributed by atoms with van der Waals surface area (Å²) < 4.78 is 0. The first-order chi connectivity index (χ1) is 7.86. The van der Waals surface area contributed by atoms with E-state index < -0.39 is 0 Å². The van der Waals surface area contributed by atoms with Crippen molar-refractivity contribution in [2.75, 3.05) is 13.1 Å². The number of benzene rings is 1. The maximum absolute atomic E-state index is 9.80. The van der Waals surface area contributed by atoms with E-state index in [9.17, 15) is 5.11 Å². The average molecular weight is 219 g/mol. The lowest BCUT2D eigenvalue weighted by atomic mass is 9.89. The summed E-state index contributed by atoms with van der Waals surface area (Å²) in [5.41, 5.74) is 1.41. The number of hydrogen-bond acceptors (Lipinski definition) is 2. The van der Waals surface area contributed by atoms with Crippen LogP contribution < -0.4 is 5.32 Å². The van der Waals surface area contributed by atoms with E-state index in [2.05, 4.69) is 35.6 Å². The third-order valence-electron chi connectivity index (χ3n) is 3.47. The highest BCUT2D eigenvalue weighted by Crippen LogP contribution is 2.19. The van der Waals surface area contributed by atoms with Gasteiger partial charge in [0.05, 0.1) is 6.10 Å². The fraction of sp³-hybridized carbons (Fsp3) is 0.571. The van der Waals surface area contributed by atoms with Crippen molar-refractivity contribution in [3.63, 3.8) is 0 Å². The molecule has 1 aliphatic rings. The molecule has 2 atom stereocenters. The highest BCUT2D eigenvalue weighted by molar-refractivity contribution is 5.14. The van der Waals surface area contributed by atoms with Gasteiger partial charge in [0.2, 0.25) is 0 Å². The van der Waals surface area contributed by atoms with Crippen molar-refractivity contribution in [3.05, 3.63) is 35.9 Å². The Morgan fingerprint density at radius 1 is 1.25 bits per heavy atom. The predicted molar refractivity (Wildman–Crippen MR) is 66.4 cm³/mol. The number of aliphatic hydroxyl groups excluding tert-OH is 1. The predicted octanol–water partition coefficient (Wildman–Crippen LogP) is 1.98. The van der Waals surface area contributed by atoms with Crippen molar-refractivity contribution in [3.8, 4) is 0 Å². The summed E-state index contributed by atoms with van der Waals surface area (Å²) in [6.45, 7) is 1.84. The van der Waals surface area contributed by atoms with Gasteiger partial charge in [0, 0.05) is 6.54 Å². The normalized spacial score (nSPS) is 25.6. The molecule has 0 bridgehead atoms. The molecule has 0 aliphatic carbocycles. The Morgan fingerprint density at radius 2 is 2.06 bits per heavy atom. The number of aliphatic hydroxyl groups is 1. The van der Waals surface area contributed by atoms with Crippen molar-refractivity contribution < 1.29 is 5.11 Å². The van der Waals surface area contributed by atoms with E-state index >= 15 is 0 Å².